The summed E-state index contributed by atoms with van der Waals surface area (Å²) in [6.07, 6.45) is 14.1. The van der Waals surface area contributed by atoms with Crippen molar-refractivity contribution in [3.05, 3.63) is 54.6 Å². The van der Waals surface area contributed by atoms with E-state index in [2.05, 4.69) is 48.4 Å². The Morgan fingerprint density at radius 3 is 2.68 bits per heavy atom. The summed E-state index contributed by atoms with van der Waals surface area (Å²) >= 11 is 0. The van der Waals surface area contributed by atoms with Gasteiger partial charge >= 0.3 is 0 Å². The fourth-order valence-corrected chi connectivity index (χ4v) is 2.20. The Morgan fingerprint density at radius 1 is 1.16 bits per heavy atom. The normalized spacial score (nSPS) is 11.7. The van der Waals surface area contributed by atoms with Crippen molar-refractivity contribution in [2.24, 2.45) is 0 Å². The Morgan fingerprint density at radius 2 is 2.00 bits per heavy atom. The molecule has 100 valence electrons. The fraction of sp³-hybridized carbons (Fsp3) is 0.353. The van der Waals surface area contributed by atoms with E-state index in [1.54, 1.807) is 0 Å². The summed E-state index contributed by atoms with van der Waals surface area (Å²) in [7, 11) is 0. The van der Waals surface area contributed by atoms with Gasteiger partial charge in [0.15, 0.2) is 0 Å². The number of aromatic nitrogens is 2. The second-order valence-electron chi connectivity index (χ2n) is 4.84. The van der Waals surface area contributed by atoms with Gasteiger partial charge in [0.2, 0.25) is 0 Å². The van der Waals surface area contributed by atoms with Crippen LogP contribution in [0.25, 0.3) is 11.8 Å². The molecule has 2 heteroatoms. The van der Waals surface area contributed by atoms with Gasteiger partial charge in [-0.25, -0.2) is 4.98 Å². The van der Waals surface area contributed by atoms with E-state index < -0.39 is 0 Å². The van der Waals surface area contributed by atoms with Gasteiger partial charge in [-0.05, 0) is 24.0 Å². The van der Waals surface area contributed by atoms with Gasteiger partial charge in [0.05, 0.1) is 6.33 Å². The van der Waals surface area contributed by atoms with E-state index in [0.717, 1.165) is 6.42 Å². The summed E-state index contributed by atoms with van der Waals surface area (Å²) in [5.41, 5.74) is 2.70. The standard InChI is InChI=1S/C17H22N2/c1-2-3-4-6-11-17(14-19-13-12-18-15-19)16-9-7-5-8-10-16/h5,7-10,12-15H,2-4,6,11H2,1H3/b17-14+. The molecule has 0 radical (unpaired) electrons. The predicted molar refractivity (Wildman–Crippen MR) is 81.6 cm³/mol. The zero-order valence-corrected chi connectivity index (χ0v) is 11.6. The molecular formula is C17H22N2. The fourth-order valence-electron chi connectivity index (χ4n) is 2.20. The van der Waals surface area contributed by atoms with Crippen LogP contribution in [0.1, 0.15) is 44.6 Å². The van der Waals surface area contributed by atoms with Gasteiger partial charge < -0.3 is 4.57 Å². The third kappa shape index (κ3) is 4.40. The summed E-state index contributed by atoms with van der Waals surface area (Å²) in [5, 5.41) is 0. The second kappa shape index (κ2) is 7.57. The molecule has 0 aliphatic heterocycles. The molecule has 1 aromatic heterocycles. The first-order chi connectivity index (χ1) is 9.40. The zero-order valence-electron chi connectivity index (χ0n) is 11.6. The number of unbranched alkanes of at least 4 members (excludes halogenated alkanes) is 3. The summed E-state index contributed by atoms with van der Waals surface area (Å²) in [5.74, 6) is 0. The molecule has 2 aromatic rings. The number of rotatable bonds is 7. The van der Waals surface area contributed by atoms with Crippen LogP contribution in [0.15, 0.2) is 49.1 Å². The zero-order chi connectivity index (χ0) is 13.3. The van der Waals surface area contributed by atoms with Crippen LogP contribution in [0.3, 0.4) is 0 Å². The lowest BCUT2D eigenvalue weighted by molar-refractivity contribution is 0.679. The number of hydrogen-bond donors (Lipinski definition) is 0. The van der Waals surface area contributed by atoms with Crippen LogP contribution in [0.5, 0.6) is 0 Å². The molecule has 0 bridgehead atoms. The van der Waals surface area contributed by atoms with Crippen molar-refractivity contribution in [3.63, 3.8) is 0 Å². The summed E-state index contributed by atoms with van der Waals surface area (Å²) in [6.45, 7) is 2.25. The lowest BCUT2D eigenvalue weighted by atomic mass is 10.0. The van der Waals surface area contributed by atoms with Crippen LogP contribution in [-0.4, -0.2) is 9.55 Å². The number of benzene rings is 1. The van der Waals surface area contributed by atoms with Gasteiger partial charge in [-0.1, -0.05) is 56.5 Å². The number of allylic oxidation sites excluding steroid dienone is 1. The molecule has 2 nitrogen and oxygen atoms in total. The lowest BCUT2D eigenvalue weighted by Gasteiger charge is -2.08. The molecule has 19 heavy (non-hydrogen) atoms. The van der Waals surface area contributed by atoms with Gasteiger partial charge in [-0.15, -0.1) is 0 Å². The molecular weight excluding hydrogens is 232 g/mol. The third-order valence-corrected chi connectivity index (χ3v) is 3.27. The molecule has 0 aliphatic carbocycles. The van der Waals surface area contributed by atoms with Crippen LogP contribution in [0, 0.1) is 0 Å². The van der Waals surface area contributed by atoms with E-state index in [9.17, 15) is 0 Å². The minimum Gasteiger partial charge on any atom is -0.313 e. The Balaban J connectivity index is 2.10. The molecule has 2 rings (SSSR count). The molecule has 1 heterocycles. The molecule has 0 unspecified atom stereocenters. The summed E-state index contributed by atoms with van der Waals surface area (Å²) in [6, 6.07) is 10.6. The van der Waals surface area contributed by atoms with Crippen molar-refractivity contribution in [2.45, 2.75) is 39.0 Å². The third-order valence-electron chi connectivity index (χ3n) is 3.27. The van der Waals surface area contributed by atoms with E-state index in [4.69, 9.17) is 0 Å². The highest BCUT2D eigenvalue weighted by Crippen LogP contribution is 2.22. The summed E-state index contributed by atoms with van der Waals surface area (Å²) in [4.78, 5) is 4.10. The smallest absolute Gasteiger partial charge is 0.0986 e. The van der Waals surface area contributed by atoms with Crippen molar-refractivity contribution in [2.75, 3.05) is 0 Å². The highest BCUT2D eigenvalue weighted by atomic mass is 15.0. The summed E-state index contributed by atoms with van der Waals surface area (Å²) < 4.78 is 2.03. The molecule has 0 atom stereocenters. The quantitative estimate of drug-likeness (QED) is 0.646. The minimum absolute atomic E-state index is 1.13. The first-order valence-corrected chi connectivity index (χ1v) is 7.13. The molecule has 0 spiro atoms. The molecule has 0 fully saturated rings. The topological polar surface area (TPSA) is 17.8 Å². The number of hydrogen-bond acceptors (Lipinski definition) is 1. The van der Waals surface area contributed by atoms with Crippen molar-refractivity contribution >= 4 is 11.8 Å². The highest BCUT2D eigenvalue weighted by Gasteiger charge is 2.01. The Labute approximate surface area is 115 Å². The van der Waals surface area contributed by atoms with Crippen LogP contribution in [-0.2, 0) is 0 Å². The first-order valence-electron chi connectivity index (χ1n) is 7.13. The van der Waals surface area contributed by atoms with Gasteiger partial charge in [0.1, 0.15) is 0 Å². The largest absolute Gasteiger partial charge is 0.313 e. The predicted octanol–water partition coefficient (Wildman–Crippen LogP) is 4.85. The Hall–Kier alpha value is -1.83. The van der Waals surface area contributed by atoms with Gasteiger partial charge in [0.25, 0.3) is 0 Å². The van der Waals surface area contributed by atoms with Gasteiger partial charge in [-0.2, -0.15) is 0 Å². The molecule has 0 saturated heterocycles. The van der Waals surface area contributed by atoms with E-state index >= 15 is 0 Å². The monoisotopic (exact) mass is 254 g/mol. The van der Waals surface area contributed by atoms with Gasteiger partial charge in [-0.3, -0.25) is 0 Å². The van der Waals surface area contributed by atoms with Crippen molar-refractivity contribution in [3.8, 4) is 0 Å². The Bertz CT molecular complexity index is 483. The molecule has 0 amide bonds. The molecule has 1 aromatic carbocycles. The van der Waals surface area contributed by atoms with Crippen molar-refractivity contribution < 1.29 is 0 Å². The molecule has 0 aliphatic rings. The SMILES string of the molecule is CCCCCC/C(=C\n1ccnc1)c1ccccc1. The van der Waals surface area contributed by atoms with Gasteiger partial charge in [0, 0.05) is 18.6 Å². The number of nitrogens with zero attached hydrogens (tertiary/aromatic N) is 2. The van der Waals surface area contributed by atoms with Crippen LogP contribution in [0.2, 0.25) is 0 Å². The van der Waals surface area contributed by atoms with Crippen molar-refractivity contribution in [1.82, 2.24) is 9.55 Å². The van der Waals surface area contributed by atoms with Crippen LogP contribution >= 0.6 is 0 Å². The highest BCUT2D eigenvalue weighted by molar-refractivity contribution is 5.75. The maximum Gasteiger partial charge on any atom is 0.0986 e. The van der Waals surface area contributed by atoms with E-state index in [1.165, 1.54) is 36.8 Å². The second-order valence-corrected chi connectivity index (χ2v) is 4.84. The average molecular weight is 254 g/mol. The molecule has 0 N–H and O–H groups in total. The van der Waals surface area contributed by atoms with E-state index in [0.29, 0.717) is 0 Å². The van der Waals surface area contributed by atoms with Crippen LogP contribution in [0.4, 0.5) is 0 Å². The van der Waals surface area contributed by atoms with Crippen LogP contribution < -0.4 is 0 Å². The first kappa shape index (κ1) is 13.6. The number of imidazole rings is 1. The maximum absolute atomic E-state index is 4.10. The molecule has 0 saturated carbocycles. The Kier molecular flexibility index (Phi) is 5.42. The minimum atomic E-state index is 1.13. The lowest BCUT2D eigenvalue weighted by Crippen LogP contribution is -1.89. The van der Waals surface area contributed by atoms with E-state index in [1.807, 2.05) is 23.3 Å². The van der Waals surface area contributed by atoms with Crippen molar-refractivity contribution in [1.29, 1.82) is 0 Å². The average Bonchev–Trinajstić information content (AvgIpc) is 2.96. The maximum atomic E-state index is 4.10. The van der Waals surface area contributed by atoms with E-state index in [-0.39, 0.29) is 0 Å².